The van der Waals surface area contributed by atoms with Crippen molar-refractivity contribution in [1.82, 2.24) is 15.6 Å². The molecule has 0 aliphatic heterocycles. The lowest BCUT2D eigenvalue weighted by molar-refractivity contribution is 0.193. The highest BCUT2D eigenvalue weighted by atomic mass is 32.1. The molecule has 0 saturated heterocycles. The van der Waals surface area contributed by atoms with Crippen molar-refractivity contribution in [3.05, 3.63) is 16.1 Å². The van der Waals surface area contributed by atoms with Crippen molar-refractivity contribution >= 4 is 17.4 Å². The number of nitrogens with zero attached hydrogens (tertiary/aromatic N) is 1. The van der Waals surface area contributed by atoms with E-state index in [-0.39, 0.29) is 12.1 Å². The summed E-state index contributed by atoms with van der Waals surface area (Å²) in [6, 6.07) is 0.216. The molecule has 3 rings (SSSR count). The van der Waals surface area contributed by atoms with Gasteiger partial charge in [0.05, 0.1) is 16.7 Å². The van der Waals surface area contributed by atoms with Crippen molar-refractivity contribution in [1.29, 1.82) is 0 Å². The van der Waals surface area contributed by atoms with Crippen LogP contribution in [0.2, 0.25) is 0 Å². The zero-order valence-corrected chi connectivity index (χ0v) is 14.6. The number of urea groups is 1. The molecule has 122 valence electrons. The zero-order chi connectivity index (χ0) is 15.7. The molecule has 5 heteroatoms. The first kappa shape index (κ1) is 15.8. The van der Waals surface area contributed by atoms with E-state index < -0.39 is 0 Å². The zero-order valence-electron chi connectivity index (χ0n) is 13.8. The molecule has 2 fully saturated rings. The van der Waals surface area contributed by atoms with Gasteiger partial charge in [0, 0.05) is 17.3 Å². The molecule has 22 heavy (non-hydrogen) atoms. The van der Waals surface area contributed by atoms with Crippen LogP contribution in [0.5, 0.6) is 0 Å². The number of amides is 2. The normalized spacial score (nSPS) is 29.9. The van der Waals surface area contributed by atoms with Crippen LogP contribution in [0.15, 0.2) is 5.38 Å². The Morgan fingerprint density at radius 2 is 2.09 bits per heavy atom. The fourth-order valence-corrected chi connectivity index (χ4v) is 4.37. The molecule has 0 spiro atoms. The van der Waals surface area contributed by atoms with E-state index in [1.165, 1.54) is 30.7 Å². The second kappa shape index (κ2) is 6.57. The smallest absolute Gasteiger partial charge is 0.315 e. The molecule has 2 aliphatic rings. The molecule has 2 saturated carbocycles. The number of carbonyl (C=O) groups is 1. The Balaban J connectivity index is 1.51. The Hall–Kier alpha value is -1.10. The fourth-order valence-electron chi connectivity index (χ4n) is 3.28. The second-order valence-electron chi connectivity index (χ2n) is 7.10. The van der Waals surface area contributed by atoms with Gasteiger partial charge in [-0.15, -0.1) is 11.3 Å². The van der Waals surface area contributed by atoms with Crippen LogP contribution in [0.25, 0.3) is 0 Å². The first-order chi connectivity index (χ1) is 10.5. The first-order valence-corrected chi connectivity index (χ1v) is 9.45. The third-order valence-electron chi connectivity index (χ3n) is 5.28. The van der Waals surface area contributed by atoms with E-state index in [1.807, 2.05) is 6.92 Å². The minimum absolute atomic E-state index is 0.0277. The number of hydrogen-bond donors (Lipinski definition) is 2. The van der Waals surface area contributed by atoms with Gasteiger partial charge in [-0.05, 0) is 38.0 Å². The van der Waals surface area contributed by atoms with Crippen LogP contribution in [0, 0.1) is 11.8 Å². The minimum atomic E-state index is -0.0561. The van der Waals surface area contributed by atoms with E-state index in [1.54, 1.807) is 11.3 Å². The van der Waals surface area contributed by atoms with Gasteiger partial charge in [0.2, 0.25) is 0 Å². The highest BCUT2D eigenvalue weighted by molar-refractivity contribution is 7.09. The van der Waals surface area contributed by atoms with Crippen molar-refractivity contribution in [2.75, 3.05) is 0 Å². The number of thiazole rings is 1. The summed E-state index contributed by atoms with van der Waals surface area (Å²) in [5.74, 6) is 1.93. The van der Waals surface area contributed by atoms with Gasteiger partial charge in [-0.1, -0.05) is 26.7 Å². The summed E-state index contributed by atoms with van der Waals surface area (Å²) >= 11 is 1.73. The maximum atomic E-state index is 12.3. The maximum Gasteiger partial charge on any atom is 0.315 e. The highest BCUT2D eigenvalue weighted by Gasteiger charge is 2.29. The largest absolute Gasteiger partial charge is 0.335 e. The Morgan fingerprint density at radius 1 is 1.32 bits per heavy atom. The molecule has 0 unspecified atom stereocenters. The number of carbonyl (C=O) groups excluding carboxylic acids is 1. The third-order valence-corrected chi connectivity index (χ3v) is 6.31. The van der Waals surface area contributed by atoms with E-state index >= 15 is 0 Å². The summed E-state index contributed by atoms with van der Waals surface area (Å²) in [7, 11) is 0. The predicted molar refractivity (Wildman–Crippen MR) is 90.1 cm³/mol. The van der Waals surface area contributed by atoms with Gasteiger partial charge in [0.15, 0.2) is 0 Å². The van der Waals surface area contributed by atoms with E-state index in [2.05, 4.69) is 34.8 Å². The lowest BCUT2D eigenvalue weighted by Gasteiger charge is -2.34. The lowest BCUT2D eigenvalue weighted by atomic mass is 9.78. The SMILES string of the molecule is C[C@@H]1[C@H](C)CCC[C@H]1NC(=O)N[C@@H](C)c1csc(C2CC2)n1. The van der Waals surface area contributed by atoms with Crippen molar-refractivity contribution in [2.45, 2.75) is 70.9 Å². The van der Waals surface area contributed by atoms with Gasteiger partial charge in [-0.25, -0.2) is 9.78 Å². The summed E-state index contributed by atoms with van der Waals surface area (Å²) in [4.78, 5) is 16.9. The first-order valence-electron chi connectivity index (χ1n) is 8.57. The Labute approximate surface area is 137 Å². The van der Waals surface area contributed by atoms with Crippen molar-refractivity contribution in [2.24, 2.45) is 11.8 Å². The van der Waals surface area contributed by atoms with Gasteiger partial charge in [0.1, 0.15) is 0 Å². The molecular weight excluding hydrogens is 294 g/mol. The topological polar surface area (TPSA) is 54.0 Å². The monoisotopic (exact) mass is 321 g/mol. The second-order valence-corrected chi connectivity index (χ2v) is 7.99. The Bertz CT molecular complexity index is 526. The van der Waals surface area contributed by atoms with Crippen LogP contribution >= 0.6 is 11.3 Å². The molecule has 1 aromatic rings. The lowest BCUT2D eigenvalue weighted by Crippen LogP contribution is -2.48. The molecule has 2 aliphatic carbocycles. The number of hydrogen-bond acceptors (Lipinski definition) is 3. The molecule has 4 nitrogen and oxygen atoms in total. The summed E-state index contributed by atoms with van der Waals surface area (Å²) in [5.41, 5.74) is 0.993. The molecule has 0 radical (unpaired) electrons. The van der Waals surface area contributed by atoms with Crippen LogP contribution in [-0.2, 0) is 0 Å². The van der Waals surface area contributed by atoms with Gasteiger partial charge < -0.3 is 10.6 Å². The molecule has 2 amide bonds. The summed E-state index contributed by atoms with van der Waals surface area (Å²) < 4.78 is 0. The molecule has 1 heterocycles. The summed E-state index contributed by atoms with van der Waals surface area (Å²) in [6.07, 6.45) is 6.12. The van der Waals surface area contributed by atoms with Crippen molar-refractivity contribution in [3.8, 4) is 0 Å². The number of aromatic nitrogens is 1. The molecule has 1 aromatic heterocycles. The van der Waals surface area contributed by atoms with Crippen LogP contribution in [0.3, 0.4) is 0 Å². The summed E-state index contributed by atoms with van der Waals surface area (Å²) in [6.45, 7) is 6.55. The van der Waals surface area contributed by atoms with Gasteiger partial charge in [0.25, 0.3) is 0 Å². The Morgan fingerprint density at radius 3 is 2.82 bits per heavy atom. The highest BCUT2D eigenvalue weighted by Crippen LogP contribution is 2.41. The number of nitrogens with one attached hydrogen (secondary N) is 2. The van der Waals surface area contributed by atoms with E-state index in [0.717, 1.165) is 12.1 Å². The molecule has 4 atom stereocenters. The predicted octanol–water partition coefficient (Wildman–Crippen LogP) is 4.21. The Kier molecular flexibility index (Phi) is 4.71. The van der Waals surface area contributed by atoms with E-state index in [4.69, 9.17) is 0 Å². The van der Waals surface area contributed by atoms with Crippen molar-refractivity contribution in [3.63, 3.8) is 0 Å². The molecule has 0 bridgehead atoms. The van der Waals surface area contributed by atoms with Gasteiger partial charge in [-0.3, -0.25) is 0 Å². The average molecular weight is 321 g/mol. The fraction of sp³-hybridized carbons (Fsp3) is 0.765. The van der Waals surface area contributed by atoms with Crippen LogP contribution in [-0.4, -0.2) is 17.1 Å². The number of rotatable bonds is 4. The van der Waals surface area contributed by atoms with Crippen LogP contribution in [0.4, 0.5) is 4.79 Å². The van der Waals surface area contributed by atoms with Gasteiger partial charge >= 0.3 is 6.03 Å². The van der Waals surface area contributed by atoms with Crippen molar-refractivity contribution < 1.29 is 4.79 Å². The molecular formula is C17H27N3OS. The standard InChI is InChI=1S/C17H27N3OS/c1-10-5-4-6-14(11(10)2)20-17(21)18-12(3)15-9-22-16(19-15)13-7-8-13/h9-14H,4-8H2,1-3H3,(H2,18,20,21)/t10-,11-,12+,14-/m1/s1. The maximum absolute atomic E-state index is 12.3. The molecule has 2 N–H and O–H groups in total. The quantitative estimate of drug-likeness (QED) is 0.873. The van der Waals surface area contributed by atoms with E-state index in [9.17, 15) is 4.79 Å². The summed E-state index contributed by atoms with van der Waals surface area (Å²) in [5, 5.41) is 9.54. The van der Waals surface area contributed by atoms with Gasteiger partial charge in [-0.2, -0.15) is 0 Å². The van der Waals surface area contributed by atoms with Crippen LogP contribution < -0.4 is 10.6 Å². The minimum Gasteiger partial charge on any atom is -0.335 e. The third kappa shape index (κ3) is 3.62. The van der Waals surface area contributed by atoms with Crippen LogP contribution in [0.1, 0.15) is 75.5 Å². The van der Waals surface area contributed by atoms with E-state index in [0.29, 0.717) is 23.8 Å². The average Bonchev–Trinajstić information content (AvgIpc) is 3.21. The molecule has 0 aromatic carbocycles.